The summed E-state index contributed by atoms with van der Waals surface area (Å²) in [7, 11) is 0. The molecular weight excluding hydrogens is 361 g/mol. The molecule has 9 heteroatoms. The molecule has 2 aromatic rings. The first-order chi connectivity index (χ1) is 11.0. The summed E-state index contributed by atoms with van der Waals surface area (Å²) in [6, 6.07) is 3.74. The lowest BCUT2D eigenvalue weighted by molar-refractivity contribution is -0.120. The number of hydrogen-bond acceptors (Lipinski definition) is 3. The van der Waals surface area contributed by atoms with Gasteiger partial charge in [0.1, 0.15) is 0 Å². The number of amides is 1. The first kappa shape index (κ1) is 18.6. The largest absolute Gasteiger partial charge is 0.350 e. The number of benzene rings is 1. The van der Waals surface area contributed by atoms with E-state index >= 15 is 0 Å². The van der Waals surface area contributed by atoms with E-state index in [9.17, 15) is 13.6 Å². The Morgan fingerprint density at radius 3 is 2.83 bits per heavy atom. The summed E-state index contributed by atoms with van der Waals surface area (Å²) in [5.41, 5.74) is 2.08. The summed E-state index contributed by atoms with van der Waals surface area (Å²) in [4.78, 5) is 11.9. The Morgan fingerprint density at radius 1 is 1.33 bits per heavy atom. The summed E-state index contributed by atoms with van der Waals surface area (Å²) < 4.78 is 28.1. The van der Waals surface area contributed by atoms with Gasteiger partial charge in [-0.05, 0) is 23.8 Å². The second kappa shape index (κ2) is 7.92. The summed E-state index contributed by atoms with van der Waals surface area (Å²) in [6.45, 7) is 2.70. The van der Waals surface area contributed by atoms with E-state index in [2.05, 4.69) is 15.7 Å². The second-order valence-electron chi connectivity index (χ2n) is 5.34. The van der Waals surface area contributed by atoms with Gasteiger partial charge in [-0.1, -0.05) is 11.6 Å². The van der Waals surface area contributed by atoms with Gasteiger partial charge in [-0.25, -0.2) is 8.78 Å². The van der Waals surface area contributed by atoms with Crippen molar-refractivity contribution in [2.45, 2.75) is 26.1 Å². The third kappa shape index (κ3) is 4.23. The zero-order valence-corrected chi connectivity index (χ0v) is 14.2. The number of halogens is 4. The van der Waals surface area contributed by atoms with Crippen LogP contribution in [0.3, 0.4) is 0 Å². The topological polar surface area (TPSA) is 59.0 Å². The van der Waals surface area contributed by atoms with Gasteiger partial charge in [-0.2, -0.15) is 5.10 Å². The smallest absolute Gasteiger partial charge is 0.224 e. The molecule has 0 saturated carbocycles. The maximum Gasteiger partial charge on any atom is 0.224 e. The van der Waals surface area contributed by atoms with Crippen LogP contribution in [0.25, 0.3) is 0 Å². The van der Waals surface area contributed by atoms with Gasteiger partial charge in [0.05, 0.1) is 30.9 Å². The molecule has 3 rings (SSSR count). The van der Waals surface area contributed by atoms with Crippen LogP contribution in [0.15, 0.2) is 18.2 Å². The minimum atomic E-state index is -1.03. The molecule has 0 radical (unpaired) electrons. The third-order valence-electron chi connectivity index (χ3n) is 3.63. The monoisotopic (exact) mass is 376 g/mol. The number of carbonyl (C=O) groups excluding carboxylic acids is 1. The van der Waals surface area contributed by atoms with Crippen LogP contribution in [0.1, 0.15) is 17.0 Å². The number of nitrogens with one attached hydrogen (secondary N) is 2. The van der Waals surface area contributed by atoms with Crippen LogP contribution >= 0.6 is 24.0 Å². The normalized spacial score (nSPS) is 13.1. The molecule has 1 amide bonds. The van der Waals surface area contributed by atoms with E-state index in [0.717, 1.165) is 43.2 Å². The predicted molar refractivity (Wildman–Crippen MR) is 88.1 cm³/mol. The van der Waals surface area contributed by atoms with E-state index in [0.29, 0.717) is 0 Å². The highest BCUT2D eigenvalue weighted by Gasteiger charge is 2.14. The van der Waals surface area contributed by atoms with Gasteiger partial charge in [-0.3, -0.25) is 9.48 Å². The number of aromatic nitrogens is 2. The van der Waals surface area contributed by atoms with Gasteiger partial charge in [0, 0.05) is 18.1 Å². The lowest BCUT2D eigenvalue weighted by Crippen LogP contribution is -2.28. The molecule has 0 spiro atoms. The Hall–Kier alpha value is -1.70. The Morgan fingerprint density at radius 2 is 2.08 bits per heavy atom. The van der Waals surface area contributed by atoms with Gasteiger partial charge < -0.3 is 10.6 Å². The van der Waals surface area contributed by atoms with E-state index in [-0.39, 0.29) is 41.9 Å². The quantitative estimate of drug-likeness (QED) is 0.804. The molecule has 1 aromatic carbocycles. The molecule has 24 heavy (non-hydrogen) atoms. The first-order valence-electron chi connectivity index (χ1n) is 7.19. The number of nitrogens with zero attached hydrogens (tertiary/aromatic N) is 2. The van der Waals surface area contributed by atoms with E-state index < -0.39 is 11.6 Å². The Bertz CT molecular complexity index is 728. The predicted octanol–water partition coefficient (Wildman–Crippen LogP) is 2.20. The number of hydrogen-bond donors (Lipinski definition) is 2. The van der Waals surface area contributed by atoms with Crippen molar-refractivity contribution in [1.29, 1.82) is 0 Å². The molecule has 0 saturated heterocycles. The van der Waals surface area contributed by atoms with E-state index in [1.54, 1.807) is 0 Å². The maximum absolute atomic E-state index is 13.2. The Labute approximate surface area is 148 Å². The molecule has 5 nitrogen and oxygen atoms in total. The molecule has 130 valence electrons. The molecule has 2 heterocycles. The standard InChI is InChI=1S/C15H15ClF2N4O.ClH/c16-12-6-14(18)13(17)3-9(12)4-15(23)20-7-10-5-11-8-19-1-2-22(11)21-10;/h3,5-6,19H,1-2,4,7-8H2,(H,20,23);1H. The molecule has 0 atom stereocenters. The van der Waals surface area contributed by atoms with Crippen LogP contribution in [0.2, 0.25) is 5.02 Å². The van der Waals surface area contributed by atoms with Crippen molar-refractivity contribution in [1.82, 2.24) is 20.4 Å². The van der Waals surface area contributed by atoms with Crippen molar-refractivity contribution in [2.75, 3.05) is 6.54 Å². The van der Waals surface area contributed by atoms with Crippen molar-refractivity contribution in [3.63, 3.8) is 0 Å². The SMILES string of the molecule is Cl.O=C(Cc1cc(F)c(F)cc1Cl)NCc1cc2n(n1)CCNC2. The van der Waals surface area contributed by atoms with E-state index in [1.165, 1.54) is 0 Å². The molecular formula is C15H16Cl2F2N4O. The summed E-state index contributed by atoms with van der Waals surface area (Å²) in [6.07, 6.45) is -0.120. The average molecular weight is 377 g/mol. The first-order valence-corrected chi connectivity index (χ1v) is 7.57. The molecule has 0 fully saturated rings. The van der Waals surface area contributed by atoms with Gasteiger partial charge in [-0.15, -0.1) is 12.4 Å². The van der Waals surface area contributed by atoms with Crippen LogP contribution in [0.4, 0.5) is 8.78 Å². The fraction of sp³-hybridized carbons (Fsp3) is 0.333. The Kier molecular flexibility index (Phi) is 6.15. The third-order valence-corrected chi connectivity index (χ3v) is 3.98. The van der Waals surface area contributed by atoms with Crippen molar-refractivity contribution in [3.8, 4) is 0 Å². The van der Waals surface area contributed by atoms with Crippen molar-refractivity contribution >= 4 is 29.9 Å². The van der Waals surface area contributed by atoms with Crippen LogP contribution in [-0.4, -0.2) is 22.2 Å². The van der Waals surface area contributed by atoms with Crippen LogP contribution < -0.4 is 10.6 Å². The fourth-order valence-corrected chi connectivity index (χ4v) is 2.68. The highest BCUT2D eigenvalue weighted by molar-refractivity contribution is 6.31. The number of carbonyl (C=O) groups is 1. The van der Waals surface area contributed by atoms with Crippen molar-refractivity contribution < 1.29 is 13.6 Å². The number of fused-ring (bicyclic) bond motifs is 1. The van der Waals surface area contributed by atoms with Crippen LogP contribution in [0, 0.1) is 11.6 Å². The summed E-state index contributed by atoms with van der Waals surface area (Å²) in [5, 5.41) is 10.4. The molecule has 1 aromatic heterocycles. The van der Waals surface area contributed by atoms with Crippen LogP contribution in [0.5, 0.6) is 0 Å². The lowest BCUT2D eigenvalue weighted by atomic mass is 10.1. The van der Waals surface area contributed by atoms with Crippen LogP contribution in [-0.2, 0) is 30.8 Å². The summed E-state index contributed by atoms with van der Waals surface area (Å²) >= 11 is 5.82. The van der Waals surface area contributed by atoms with E-state index in [1.807, 2.05) is 10.7 Å². The molecule has 2 N–H and O–H groups in total. The van der Waals surface area contributed by atoms with Crippen molar-refractivity contribution in [2.24, 2.45) is 0 Å². The highest BCUT2D eigenvalue weighted by Crippen LogP contribution is 2.20. The zero-order chi connectivity index (χ0) is 16.4. The average Bonchev–Trinajstić information content (AvgIpc) is 2.93. The van der Waals surface area contributed by atoms with E-state index in [4.69, 9.17) is 11.6 Å². The molecule has 1 aliphatic rings. The maximum atomic E-state index is 13.2. The van der Waals surface area contributed by atoms with Gasteiger partial charge in [0.25, 0.3) is 0 Å². The minimum absolute atomic E-state index is 0. The minimum Gasteiger partial charge on any atom is -0.350 e. The fourth-order valence-electron chi connectivity index (χ4n) is 2.46. The van der Waals surface area contributed by atoms with Gasteiger partial charge in [0.2, 0.25) is 5.91 Å². The van der Waals surface area contributed by atoms with Gasteiger partial charge in [0.15, 0.2) is 11.6 Å². The molecule has 0 unspecified atom stereocenters. The Balaban J connectivity index is 0.00000208. The highest BCUT2D eigenvalue weighted by atomic mass is 35.5. The van der Waals surface area contributed by atoms with Gasteiger partial charge >= 0.3 is 0 Å². The molecule has 0 bridgehead atoms. The summed E-state index contributed by atoms with van der Waals surface area (Å²) in [5.74, 6) is -2.38. The molecule has 1 aliphatic heterocycles. The zero-order valence-electron chi connectivity index (χ0n) is 12.6. The number of rotatable bonds is 4. The molecule has 0 aliphatic carbocycles. The van der Waals surface area contributed by atoms with Crippen molar-refractivity contribution in [3.05, 3.63) is 51.8 Å². The lowest BCUT2D eigenvalue weighted by Gasteiger charge is -2.13. The second-order valence-corrected chi connectivity index (χ2v) is 5.75.